The fourth-order valence-electron chi connectivity index (χ4n) is 4.12. The van der Waals surface area contributed by atoms with Crippen molar-refractivity contribution in [3.8, 4) is 11.3 Å². The van der Waals surface area contributed by atoms with Crippen LogP contribution in [0.1, 0.15) is 51.6 Å². The number of fused-ring (bicyclic) bond motifs is 1. The number of unbranched alkanes of at least 4 members (excludes halogenated alkanes) is 1. The number of alkyl halides is 1. The van der Waals surface area contributed by atoms with Crippen LogP contribution in [0.15, 0.2) is 41.0 Å². The number of hydrogen-bond acceptors (Lipinski definition) is 5. The molecule has 2 unspecified atom stereocenters. The zero-order chi connectivity index (χ0) is 26.8. The lowest BCUT2D eigenvalue weighted by Gasteiger charge is -2.19. The van der Waals surface area contributed by atoms with Crippen LogP contribution in [0, 0.1) is 11.7 Å². The van der Waals surface area contributed by atoms with Crippen LogP contribution in [0.5, 0.6) is 0 Å². The molecule has 37 heavy (non-hydrogen) atoms. The number of benzene rings is 1. The molecule has 1 aromatic heterocycles. The highest BCUT2D eigenvalue weighted by atomic mass is 19.1. The highest BCUT2D eigenvalue weighted by molar-refractivity contribution is 5.86. The average Bonchev–Trinajstić information content (AvgIpc) is 2.88. The van der Waals surface area contributed by atoms with Crippen molar-refractivity contribution >= 4 is 30.2 Å². The van der Waals surface area contributed by atoms with Gasteiger partial charge >= 0.3 is 5.97 Å². The number of nitrogens with zero attached hydrogens (tertiary/aromatic N) is 3. The molecule has 1 aliphatic carbocycles. The number of allylic oxidation sites excluding steroid dienone is 1. The van der Waals surface area contributed by atoms with Crippen molar-refractivity contribution in [1.29, 1.82) is 0 Å². The molecule has 0 radical (unpaired) electrons. The second-order valence-corrected chi connectivity index (χ2v) is 8.84. The number of aryl methyl sites for hydroxylation is 1. The Morgan fingerprint density at radius 3 is 2.65 bits per heavy atom. The van der Waals surface area contributed by atoms with Crippen molar-refractivity contribution in [3.63, 3.8) is 0 Å². The molecular formula is C28H32F2N4O3. The third-order valence-electron chi connectivity index (χ3n) is 5.98. The molecule has 0 spiro atoms. The quantitative estimate of drug-likeness (QED) is 0.336. The highest BCUT2D eigenvalue weighted by Crippen LogP contribution is 2.21. The van der Waals surface area contributed by atoms with E-state index < -0.39 is 18.6 Å². The Bertz CT molecular complexity index is 1290. The zero-order valence-electron chi connectivity index (χ0n) is 21.1. The maximum Gasteiger partial charge on any atom is 0.303 e. The smallest absolute Gasteiger partial charge is 0.303 e. The molecule has 1 heterocycles. The molecule has 9 heteroatoms. The van der Waals surface area contributed by atoms with Gasteiger partial charge in [-0.1, -0.05) is 19.1 Å². The van der Waals surface area contributed by atoms with E-state index in [4.69, 9.17) is 15.1 Å². The van der Waals surface area contributed by atoms with Gasteiger partial charge in [0.25, 0.3) is 0 Å². The van der Waals surface area contributed by atoms with Crippen LogP contribution in [0.25, 0.3) is 23.4 Å². The van der Waals surface area contributed by atoms with E-state index in [0.717, 1.165) is 5.56 Å². The summed E-state index contributed by atoms with van der Waals surface area (Å²) in [6.07, 6.45) is 9.47. The Balaban J connectivity index is 1.88. The van der Waals surface area contributed by atoms with Gasteiger partial charge in [-0.25, -0.2) is 18.7 Å². The van der Waals surface area contributed by atoms with E-state index in [1.165, 1.54) is 18.3 Å². The van der Waals surface area contributed by atoms with Gasteiger partial charge in [-0.15, -0.1) is 0 Å². The van der Waals surface area contributed by atoms with E-state index in [1.54, 1.807) is 25.1 Å². The molecule has 0 saturated carbocycles. The van der Waals surface area contributed by atoms with Crippen LogP contribution >= 0.6 is 0 Å². The Labute approximate surface area is 214 Å². The van der Waals surface area contributed by atoms with Gasteiger partial charge in [0.05, 0.1) is 39.7 Å². The standard InChI is InChI=1S/C28H32F2N4O3/c1-3-6-22(31-16-15-29)18(2)32-28(37)20-11-14-23-25(17-20)33-24(7-4-5-8-26(35)36)27(34-23)19-9-12-21(30)13-10-19/h6,9-10,12-14,16-18,20H,3-5,7-8,11,15H2,1-2H3,(H,32,37)(H,35,36)/b22-6-,31-16?. The summed E-state index contributed by atoms with van der Waals surface area (Å²) in [5.74, 6) is -1.87. The molecule has 2 aromatic rings. The van der Waals surface area contributed by atoms with Crippen molar-refractivity contribution in [3.05, 3.63) is 58.2 Å². The summed E-state index contributed by atoms with van der Waals surface area (Å²) in [5.41, 5.74) is 2.61. The van der Waals surface area contributed by atoms with Gasteiger partial charge in [0, 0.05) is 18.2 Å². The van der Waals surface area contributed by atoms with Gasteiger partial charge in [-0.3, -0.25) is 14.6 Å². The van der Waals surface area contributed by atoms with Crippen molar-refractivity contribution in [2.45, 2.75) is 58.4 Å². The first-order valence-corrected chi connectivity index (χ1v) is 12.5. The predicted octanol–water partition coefficient (Wildman–Crippen LogP) is 3.50. The molecule has 1 amide bonds. The van der Waals surface area contributed by atoms with Gasteiger partial charge in [-0.2, -0.15) is 0 Å². The number of aliphatic carboxylic acids is 1. The van der Waals surface area contributed by atoms with E-state index in [2.05, 4.69) is 10.3 Å². The van der Waals surface area contributed by atoms with Crippen LogP contribution in [0.2, 0.25) is 0 Å². The van der Waals surface area contributed by atoms with Crippen LogP contribution < -0.4 is 16.0 Å². The maximum atomic E-state index is 13.5. The summed E-state index contributed by atoms with van der Waals surface area (Å²) in [7, 11) is 0. The van der Waals surface area contributed by atoms with E-state index in [-0.39, 0.29) is 24.2 Å². The molecule has 3 rings (SSSR count). The summed E-state index contributed by atoms with van der Waals surface area (Å²) in [6, 6.07) is 5.62. The zero-order valence-corrected chi connectivity index (χ0v) is 21.1. The molecule has 7 nitrogen and oxygen atoms in total. The van der Waals surface area contributed by atoms with Gasteiger partial charge in [0.1, 0.15) is 12.5 Å². The Morgan fingerprint density at radius 1 is 1.22 bits per heavy atom. The molecule has 0 saturated heterocycles. The first-order valence-electron chi connectivity index (χ1n) is 12.5. The summed E-state index contributed by atoms with van der Waals surface area (Å²) >= 11 is 0. The summed E-state index contributed by atoms with van der Waals surface area (Å²) in [6.45, 7) is 3.07. The first-order chi connectivity index (χ1) is 17.8. The number of aliphatic imine (C=N–C) groups is 1. The minimum absolute atomic E-state index is 0.0639. The van der Waals surface area contributed by atoms with Crippen LogP contribution in [0.3, 0.4) is 0 Å². The van der Waals surface area contributed by atoms with E-state index in [9.17, 15) is 18.4 Å². The van der Waals surface area contributed by atoms with Crippen molar-refractivity contribution in [2.24, 2.45) is 10.9 Å². The number of amides is 1. The molecular weight excluding hydrogens is 478 g/mol. The molecule has 0 aliphatic heterocycles. The summed E-state index contributed by atoms with van der Waals surface area (Å²) in [4.78, 5) is 37.6. The SMILES string of the molecule is CC/C=C(\N=CCF)C(C)NC(=O)C1C=c2nc(CCCCC(=O)O)c(-c3ccc(F)cc3)nc2=CC1. The topological polar surface area (TPSA) is 105 Å². The molecule has 1 aromatic carbocycles. The van der Waals surface area contributed by atoms with E-state index in [0.29, 0.717) is 59.9 Å². The Morgan fingerprint density at radius 2 is 1.97 bits per heavy atom. The van der Waals surface area contributed by atoms with Crippen LogP contribution in [-0.4, -0.2) is 45.9 Å². The molecule has 2 N–H and O–H groups in total. The lowest BCUT2D eigenvalue weighted by Crippen LogP contribution is -2.42. The normalized spacial score (nSPS) is 16.0. The van der Waals surface area contributed by atoms with Crippen LogP contribution in [0.4, 0.5) is 8.78 Å². The third-order valence-corrected chi connectivity index (χ3v) is 5.98. The summed E-state index contributed by atoms with van der Waals surface area (Å²) < 4.78 is 26.0. The van der Waals surface area contributed by atoms with Crippen molar-refractivity contribution < 1.29 is 23.5 Å². The van der Waals surface area contributed by atoms with Crippen molar-refractivity contribution in [1.82, 2.24) is 15.3 Å². The number of nitrogens with one attached hydrogen (secondary N) is 1. The lowest BCUT2D eigenvalue weighted by molar-refractivity contribution is -0.137. The number of hydrogen-bond donors (Lipinski definition) is 2. The number of carboxylic acids is 1. The predicted molar refractivity (Wildman–Crippen MR) is 139 cm³/mol. The number of carboxylic acid groups (broad SMARTS) is 1. The minimum Gasteiger partial charge on any atom is -0.481 e. The number of aromatic nitrogens is 2. The Kier molecular flexibility index (Phi) is 10.2. The van der Waals surface area contributed by atoms with E-state index in [1.807, 2.05) is 19.1 Å². The molecule has 0 bridgehead atoms. The maximum absolute atomic E-state index is 13.5. The van der Waals surface area contributed by atoms with Gasteiger partial charge in [0.2, 0.25) is 5.91 Å². The number of carbonyl (C=O) groups is 2. The van der Waals surface area contributed by atoms with Gasteiger partial charge in [0.15, 0.2) is 0 Å². The molecule has 1 aliphatic rings. The Hall–Kier alpha value is -3.75. The first kappa shape index (κ1) is 27.8. The van der Waals surface area contributed by atoms with Gasteiger partial charge in [-0.05, 0) is 69.4 Å². The second-order valence-electron chi connectivity index (χ2n) is 8.84. The lowest BCUT2D eigenvalue weighted by atomic mass is 9.98. The van der Waals surface area contributed by atoms with Gasteiger partial charge < -0.3 is 10.4 Å². The van der Waals surface area contributed by atoms with E-state index >= 15 is 0 Å². The minimum atomic E-state index is -0.853. The largest absolute Gasteiger partial charge is 0.481 e. The molecule has 196 valence electrons. The molecule has 0 fully saturated rings. The van der Waals surface area contributed by atoms with Crippen LogP contribution in [-0.2, 0) is 16.0 Å². The molecule has 2 atom stereocenters. The fraction of sp³-hybridized carbons (Fsp3) is 0.393. The monoisotopic (exact) mass is 510 g/mol. The average molecular weight is 511 g/mol. The number of rotatable bonds is 12. The fourth-order valence-corrected chi connectivity index (χ4v) is 4.12. The summed E-state index contributed by atoms with van der Waals surface area (Å²) in [5, 5.41) is 13.1. The second kappa shape index (κ2) is 13.5. The van der Waals surface area contributed by atoms with Crippen molar-refractivity contribution in [2.75, 3.05) is 6.67 Å². The number of halogens is 2. The highest BCUT2D eigenvalue weighted by Gasteiger charge is 2.21. The third kappa shape index (κ3) is 7.87. The number of carbonyl (C=O) groups excluding carboxylic acids is 1.